The molecule has 1 heterocycles. The quantitative estimate of drug-likeness (QED) is 0.840. The Morgan fingerprint density at radius 1 is 1.37 bits per heavy atom. The number of anilines is 2. The van der Waals surface area contributed by atoms with Crippen molar-refractivity contribution in [3.8, 4) is 0 Å². The third kappa shape index (κ3) is 3.74. The van der Waals surface area contributed by atoms with Crippen molar-refractivity contribution < 1.29 is 9.53 Å². The van der Waals surface area contributed by atoms with Crippen molar-refractivity contribution in [1.29, 1.82) is 0 Å². The predicted molar refractivity (Wildman–Crippen MR) is 70.0 cm³/mol. The van der Waals surface area contributed by atoms with Crippen LogP contribution in [0.2, 0.25) is 0 Å². The summed E-state index contributed by atoms with van der Waals surface area (Å²) in [6.07, 6.45) is 1.69. The number of hydrogen-bond acceptors (Lipinski definition) is 6. The van der Waals surface area contributed by atoms with Crippen LogP contribution in [-0.2, 0) is 16.0 Å². The van der Waals surface area contributed by atoms with Crippen LogP contribution in [0.1, 0.15) is 11.4 Å². The smallest absolute Gasteiger partial charge is 0.309 e. The van der Waals surface area contributed by atoms with Crippen LogP contribution in [0, 0.1) is 6.92 Å². The Balaban J connectivity index is 2.13. The van der Waals surface area contributed by atoms with Gasteiger partial charge >= 0.3 is 5.97 Å². The van der Waals surface area contributed by atoms with E-state index in [4.69, 9.17) is 0 Å². The molecular formula is C13H14N4O2. The molecule has 1 aromatic heterocycles. The Bertz CT molecular complexity index is 586. The molecule has 1 N–H and O–H groups in total. The van der Waals surface area contributed by atoms with Crippen molar-refractivity contribution >= 4 is 17.6 Å². The lowest BCUT2D eigenvalue weighted by atomic mass is 10.1. The molecule has 6 nitrogen and oxygen atoms in total. The van der Waals surface area contributed by atoms with Gasteiger partial charge in [0.05, 0.1) is 13.5 Å². The summed E-state index contributed by atoms with van der Waals surface area (Å²) in [6.45, 7) is 1.79. The topological polar surface area (TPSA) is 77.0 Å². The molecule has 0 saturated carbocycles. The molecule has 1 aromatic carbocycles. The minimum atomic E-state index is -0.270. The van der Waals surface area contributed by atoms with Gasteiger partial charge in [0, 0.05) is 5.69 Å². The van der Waals surface area contributed by atoms with Crippen LogP contribution >= 0.6 is 0 Å². The molecule has 0 aliphatic rings. The normalized spacial score (nSPS) is 10.0. The highest BCUT2D eigenvalue weighted by molar-refractivity contribution is 5.73. The Kier molecular flexibility index (Phi) is 4.02. The molecule has 0 fully saturated rings. The second-order valence-corrected chi connectivity index (χ2v) is 3.93. The summed E-state index contributed by atoms with van der Waals surface area (Å²) in [6, 6.07) is 7.45. The minimum Gasteiger partial charge on any atom is -0.469 e. The van der Waals surface area contributed by atoms with Crippen molar-refractivity contribution in [2.75, 3.05) is 12.4 Å². The van der Waals surface area contributed by atoms with Crippen LogP contribution in [0.5, 0.6) is 0 Å². The minimum absolute atomic E-state index is 0.238. The average molecular weight is 258 g/mol. The van der Waals surface area contributed by atoms with Crippen LogP contribution in [-0.4, -0.2) is 28.0 Å². The van der Waals surface area contributed by atoms with Gasteiger partial charge in [-0.2, -0.15) is 4.98 Å². The van der Waals surface area contributed by atoms with Gasteiger partial charge in [-0.05, 0) is 24.6 Å². The summed E-state index contributed by atoms with van der Waals surface area (Å²) in [4.78, 5) is 23.3. The maximum Gasteiger partial charge on any atom is 0.309 e. The number of rotatable bonds is 4. The fraction of sp³-hybridized carbons (Fsp3) is 0.231. The molecule has 2 rings (SSSR count). The zero-order chi connectivity index (χ0) is 13.7. The first-order chi connectivity index (χ1) is 9.17. The Hall–Kier alpha value is -2.50. The van der Waals surface area contributed by atoms with E-state index >= 15 is 0 Å². The van der Waals surface area contributed by atoms with Gasteiger partial charge in [0.15, 0.2) is 0 Å². The number of benzene rings is 1. The van der Waals surface area contributed by atoms with Crippen molar-refractivity contribution in [2.45, 2.75) is 13.3 Å². The van der Waals surface area contributed by atoms with Crippen LogP contribution in [0.15, 0.2) is 30.6 Å². The fourth-order valence-corrected chi connectivity index (χ4v) is 1.57. The highest BCUT2D eigenvalue weighted by Crippen LogP contribution is 2.15. The summed E-state index contributed by atoms with van der Waals surface area (Å²) >= 11 is 0. The predicted octanol–water partition coefficient (Wildman–Crippen LogP) is 1.64. The molecule has 0 saturated heterocycles. The van der Waals surface area contributed by atoms with Gasteiger partial charge in [0.1, 0.15) is 12.2 Å². The lowest BCUT2D eigenvalue weighted by molar-refractivity contribution is -0.139. The van der Waals surface area contributed by atoms with Gasteiger partial charge in [-0.15, -0.1) is 0 Å². The maximum atomic E-state index is 11.2. The Morgan fingerprint density at radius 3 is 2.95 bits per heavy atom. The molecule has 0 aliphatic heterocycles. The molecule has 0 aliphatic carbocycles. The third-order valence-electron chi connectivity index (χ3n) is 2.45. The lowest BCUT2D eigenvalue weighted by Gasteiger charge is -2.06. The Labute approximate surface area is 110 Å². The van der Waals surface area contributed by atoms with Crippen LogP contribution < -0.4 is 5.32 Å². The van der Waals surface area contributed by atoms with Crippen molar-refractivity contribution in [3.63, 3.8) is 0 Å². The number of nitrogens with zero attached hydrogens (tertiary/aromatic N) is 3. The molecule has 0 bridgehead atoms. The van der Waals surface area contributed by atoms with Crippen molar-refractivity contribution in [2.24, 2.45) is 0 Å². The molecule has 0 unspecified atom stereocenters. The zero-order valence-electron chi connectivity index (χ0n) is 10.8. The average Bonchev–Trinajstić information content (AvgIpc) is 2.39. The summed E-state index contributed by atoms with van der Waals surface area (Å²) in [5.74, 6) is 0.846. The van der Waals surface area contributed by atoms with E-state index in [1.54, 1.807) is 6.92 Å². The van der Waals surface area contributed by atoms with E-state index in [1.165, 1.54) is 13.4 Å². The fourth-order valence-electron chi connectivity index (χ4n) is 1.57. The van der Waals surface area contributed by atoms with Gasteiger partial charge in [-0.25, -0.2) is 9.97 Å². The number of aromatic nitrogens is 3. The van der Waals surface area contributed by atoms with Crippen LogP contribution in [0.3, 0.4) is 0 Å². The summed E-state index contributed by atoms with van der Waals surface area (Å²) in [5.41, 5.74) is 1.68. The molecule has 0 radical (unpaired) electrons. The maximum absolute atomic E-state index is 11.2. The number of ether oxygens (including phenoxy) is 1. The zero-order valence-corrected chi connectivity index (χ0v) is 10.8. The SMILES string of the molecule is COC(=O)Cc1cccc(Nc2ncnc(C)n2)c1. The van der Waals surface area contributed by atoms with E-state index in [0.29, 0.717) is 11.8 Å². The summed E-state index contributed by atoms with van der Waals surface area (Å²) < 4.78 is 4.64. The Morgan fingerprint density at radius 2 is 2.21 bits per heavy atom. The summed E-state index contributed by atoms with van der Waals surface area (Å²) in [7, 11) is 1.37. The van der Waals surface area contributed by atoms with Gasteiger partial charge in [0.2, 0.25) is 5.95 Å². The van der Waals surface area contributed by atoms with E-state index in [0.717, 1.165) is 11.3 Å². The number of carbonyl (C=O) groups is 1. The number of methoxy groups -OCH3 is 1. The highest BCUT2D eigenvalue weighted by Gasteiger charge is 2.04. The number of esters is 1. The van der Waals surface area contributed by atoms with Gasteiger partial charge in [-0.1, -0.05) is 12.1 Å². The number of carbonyl (C=O) groups excluding carboxylic acids is 1. The van der Waals surface area contributed by atoms with Gasteiger partial charge in [-0.3, -0.25) is 4.79 Å². The molecule has 2 aromatic rings. The molecule has 19 heavy (non-hydrogen) atoms. The number of nitrogens with one attached hydrogen (secondary N) is 1. The van der Waals surface area contributed by atoms with Crippen molar-refractivity contribution in [3.05, 3.63) is 42.0 Å². The third-order valence-corrected chi connectivity index (χ3v) is 2.45. The monoisotopic (exact) mass is 258 g/mol. The first kappa shape index (κ1) is 12.9. The van der Waals surface area contributed by atoms with Gasteiger partial charge < -0.3 is 10.1 Å². The number of hydrogen-bond donors (Lipinski definition) is 1. The molecule has 98 valence electrons. The van der Waals surface area contributed by atoms with Crippen LogP contribution in [0.4, 0.5) is 11.6 Å². The molecule has 6 heteroatoms. The molecule has 0 amide bonds. The van der Waals surface area contributed by atoms with Gasteiger partial charge in [0.25, 0.3) is 0 Å². The van der Waals surface area contributed by atoms with E-state index in [9.17, 15) is 4.79 Å². The molecule has 0 atom stereocenters. The molecular weight excluding hydrogens is 244 g/mol. The highest BCUT2D eigenvalue weighted by atomic mass is 16.5. The number of aryl methyl sites for hydroxylation is 1. The lowest BCUT2D eigenvalue weighted by Crippen LogP contribution is -2.05. The van der Waals surface area contributed by atoms with E-state index < -0.39 is 0 Å². The largest absolute Gasteiger partial charge is 0.469 e. The second kappa shape index (κ2) is 5.90. The van der Waals surface area contributed by atoms with Crippen molar-refractivity contribution in [1.82, 2.24) is 15.0 Å². The molecule has 0 spiro atoms. The van der Waals surface area contributed by atoms with E-state index in [2.05, 4.69) is 25.0 Å². The second-order valence-electron chi connectivity index (χ2n) is 3.93. The first-order valence-corrected chi connectivity index (χ1v) is 5.76. The standard InChI is InChI=1S/C13H14N4O2/c1-9-14-8-15-13(16-9)17-11-5-3-4-10(6-11)7-12(18)19-2/h3-6,8H,7H2,1-2H3,(H,14,15,16,17). The summed E-state index contributed by atoms with van der Waals surface area (Å²) in [5, 5.41) is 3.06. The van der Waals surface area contributed by atoms with E-state index in [-0.39, 0.29) is 12.4 Å². The van der Waals surface area contributed by atoms with Crippen LogP contribution in [0.25, 0.3) is 0 Å². The first-order valence-electron chi connectivity index (χ1n) is 5.76. The van der Waals surface area contributed by atoms with E-state index in [1.807, 2.05) is 24.3 Å².